The molecule has 0 spiro atoms. The minimum Gasteiger partial charge on any atom is -0.256 e. The van der Waals surface area contributed by atoms with Gasteiger partial charge >= 0.3 is 0 Å². The molecular formula is C10H7N. The van der Waals surface area contributed by atoms with Crippen molar-refractivity contribution >= 4 is 10.9 Å². The third kappa shape index (κ3) is 0.625. The lowest BCUT2D eigenvalue weighted by Crippen LogP contribution is -1.73. The first-order valence-corrected chi connectivity index (χ1v) is 3.80. The largest absolute Gasteiger partial charge is 0.256 e. The fourth-order valence-corrected chi connectivity index (χ4v) is 1.53. The highest BCUT2D eigenvalue weighted by Crippen LogP contribution is 2.33. The number of nitrogens with zero attached hydrogens (tertiary/aromatic N) is 1. The van der Waals surface area contributed by atoms with Crippen molar-refractivity contribution in [1.29, 1.82) is 0 Å². The zero-order valence-corrected chi connectivity index (χ0v) is 6.04. The number of rotatable bonds is 0. The second-order valence-electron chi connectivity index (χ2n) is 2.96. The molecule has 0 saturated heterocycles. The van der Waals surface area contributed by atoms with Crippen molar-refractivity contribution in [2.45, 2.75) is 6.42 Å². The van der Waals surface area contributed by atoms with E-state index in [2.05, 4.69) is 23.2 Å². The molecule has 0 atom stereocenters. The van der Waals surface area contributed by atoms with E-state index in [-0.39, 0.29) is 0 Å². The van der Waals surface area contributed by atoms with Gasteiger partial charge in [-0.05, 0) is 17.2 Å². The fourth-order valence-electron chi connectivity index (χ4n) is 1.53. The number of fused-ring (bicyclic) bond motifs is 3. The van der Waals surface area contributed by atoms with Crippen LogP contribution >= 0.6 is 0 Å². The first kappa shape index (κ1) is 5.30. The number of para-hydroxylation sites is 1. The normalized spacial score (nSPS) is 13.1. The first-order chi connectivity index (χ1) is 5.45. The third-order valence-electron chi connectivity index (χ3n) is 2.22. The van der Waals surface area contributed by atoms with Crippen molar-refractivity contribution in [3.8, 4) is 0 Å². The Kier molecular flexibility index (Phi) is 0.779. The summed E-state index contributed by atoms with van der Waals surface area (Å²) >= 11 is 0. The molecule has 0 aliphatic heterocycles. The minimum absolute atomic E-state index is 1.13. The monoisotopic (exact) mass is 141 g/mol. The number of pyridine rings is 1. The van der Waals surface area contributed by atoms with Crippen LogP contribution in [0.25, 0.3) is 10.9 Å². The molecule has 0 amide bonds. The minimum atomic E-state index is 1.13. The molecular weight excluding hydrogens is 134 g/mol. The zero-order chi connectivity index (χ0) is 7.26. The lowest BCUT2D eigenvalue weighted by atomic mass is 10.2. The van der Waals surface area contributed by atoms with Crippen LogP contribution in [0.15, 0.2) is 30.5 Å². The quantitative estimate of drug-likeness (QED) is 0.467. The van der Waals surface area contributed by atoms with E-state index in [0.29, 0.717) is 0 Å². The highest BCUT2D eigenvalue weighted by molar-refractivity contribution is 5.86. The van der Waals surface area contributed by atoms with Crippen molar-refractivity contribution in [2.24, 2.45) is 0 Å². The second-order valence-corrected chi connectivity index (χ2v) is 2.96. The van der Waals surface area contributed by atoms with Crippen LogP contribution in [-0.2, 0) is 6.42 Å². The van der Waals surface area contributed by atoms with E-state index in [0.717, 1.165) is 11.9 Å². The Morgan fingerprint density at radius 2 is 2.09 bits per heavy atom. The van der Waals surface area contributed by atoms with E-state index in [9.17, 15) is 0 Å². The van der Waals surface area contributed by atoms with Gasteiger partial charge in [-0.1, -0.05) is 18.2 Å². The van der Waals surface area contributed by atoms with Crippen molar-refractivity contribution in [1.82, 2.24) is 4.98 Å². The van der Waals surface area contributed by atoms with Crippen molar-refractivity contribution < 1.29 is 0 Å². The molecule has 1 heteroatoms. The third-order valence-corrected chi connectivity index (χ3v) is 2.22. The number of aromatic nitrogens is 1. The molecule has 1 heterocycles. The molecule has 0 radical (unpaired) electrons. The summed E-state index contributed by atoms with van der Waals surface area (Å²) in [4.78, 5) is 4.33. The highest BCUT2D eigenvalue weighted by atomic mass is 14.7. The first-order valence-electron chi connectivity index (χ1n) is 3.80. The molecule has 0 fully saturated rings. The molecule has 52 valence electrons. The van der Waals surface area contributed by atoms with Crippen molar-refractivity contribution in [3.05, 3.63) is 41.6 Å². The summed E-state index contributed by atoms with van der Waals surface area (Å²) in [6, 6.07) is 8.31. The molecule has 2 aromatic rings. The van der Waals surface area contributed by atoms with E-state index < -0.39 is 0 Å². The molecule has 1 aliphatic carbocycles. The number of benzene rings is 1. The van der Waals surface area contributed by atoms with Crippen LogP contribution in [0.5, 0.6) is 0 Å². The molecule has 0 saturated carbocycles. The predicted octanol–water partition coefficient (Wildman–Crippen LogP) is 2.14. The highest BCUT2D eigenvalue weighted by Gasteiger charge is 2.19. The van der Waals surface area contributed by atoms with Gasteiger partial charge in [-0.3, -0.25) is 4.98 Å². The van der Waals surface area contributed by atoms with Crippen LogP contribution < -0.4 is 0 Å². The van der Waals surface area contributed by atoms with Gasteiger partial charge in [0.05, 0.1) is 5.52 Å². The maximum atomic E-state index is 4.33. The lowest BCUT2D eigenvalue weighted by molar-refractivity contribution is 1.41. The molecule has 1 aliphatic rings. The number of hydrogen-bond acceptors (Lipinski definition) is 1. The Morgan fingerprint density at radius 1 is 1.18 bits per heavy atom. The van der Waals surface area contributed by atoms with Crippen molar-refractivity contribution in [3.63, 3.8) is 0 Å². The van der Waals surface area contributed by atoms with Gasteiger partial charge < -0.3 is 0 Å². The second kappa shape index (κ2) is 1.62. The van der Waals surface area contributed by atoms with Gasteiger partial charge in [0.15, 0.2) is 0 Å². The van der Waals surface area contributed by atoms with E-state index in [1.807, 2.05) is 12.3 Å². The topological polar surface area (TPSA) is 12.9 Å². The molecule has 11 heavy (non-hydrogen) atoms. The molecule has 1 nitrogen and oxygen atoms in total. The molecule has 0 bridgehead atoms. The Labute approximate surface area is 64.7 Å². The van der Waals surface area contributed by atoms with Crippen LogP contribution in [-0.4, -0.2) is 4.98 Å². The summed E-state index contributed by atoms with van der Waals surface area (Å²) in [6.07, 6.45) is 3.14. The van der Waals surface area contributed by atoms with Gasteiger partial charge in [-0.15, -0.1) is 0 Å². The van der Waals surface area contributed by atoms with Gasteiger partial charge in [0, 0.05) is 18.0 Å². The smallest absolute Gasteiger partial charge is 0.0705 e. The zero-order valence-electron chi connectivity index (χ0n) is 6.04. The fraction of sp³-hybridized carbons (Fsp3) is 0.100. The summed E-state index contributed by atoms with van der Waals surface area (Å²) in [7, 11) is 0. The van der Waals surface area contributed by atoms with Gasteiger partial charge in [-0.2, -0.15) is 0 Å². The summed E-state index contributed by atoms with van der Waals surface area (Å²) in [5, 5.41) is 1.34. The van der Waals surface area contributed by atoms with Crippen LogP contribution in [0.1, 0.15) is 11.1 Å². The Morgan fingerprint density at radius 3 is 3.09 bits per heavy atom. The SMILES string of the molecule is c1ccc2c3c(cnc2c1)C3. The van der Waals surface area contributed by atoms with E-state index in [4.69, 9.17) is 0 Å². The van der Waals surface area contributed by atoms with Gasteiger partial charge in [0.2, 0.25) is 0 Å². The van der Waals surface area contributed by atoms with Crippen LogP contribution in [0.4, 0.5) is 0 Å². The van der Waals surface area contributed by atoms with E-state index in [1.54, 1.807) is 0 Å². The maximum absolute atomic E-state index is 4.33. The molecule has 1 aromatic heterocycles. The molecule has 0 unspecified atom stereocenters. The Hall–Kier alpha value is -1.37. The average molecular weight is 141 g/mol. The molecule has 1 aromatic carbocycles. The summed E-state index contributed by atoms with van der Waals surface area (Å²) in [6.45, 7) is 0. The van der Waals surface area contributed by atoms with Crippen LogP contribution in [0.3, 0.4) is 0 Å². The summed E-state index contributed by atoms with van der Waals surface area (Å²) in [5.41, 5.74) is 4.04. The molecule has 3 rings (SSSR count). The Bertz CT molecular complexity index is 432. The van der Waals surface area contributed by atoms with Crippen molar-refractivity contribution in [2.75, 3.05) is 0 Å². The maximum Gasteiger partial charge on any atom is 0.0705 e. The van der Waals surface area contributed by atoms with Gasteiger partial charge in [0.1, 0.15) is 0 Å². The summed E-state index contributed by atoms with van der Waals surface area (Å²) < 4.78 is 0. The van der Waals surface area contributed by atoms with Crippen LogP contribution in [0.2, 0.25) is 0 Å². The molecule has 0 N–H and O–H groups in total. The average Bonchev–Trinajstić information content (AvgIpc) is 2.83. The van der Waals surface area contributed by atoms with E-state index >= 15 is 0 Å². The standard InChI is InChI=1S/C10H7N/c1-2-4-10-8(3-1)9-5-7(9)6-11-10/h1-4,6H,5H2. The van der Waals surface area contributed by atoms with Crippen LogP contribution in [0, 0.1) is 0 Å². The Balaban J connectivity index is 2.56. The van der Waals surface area contributed by atoms with Gasteiger partial charge in [0.25, 0.3) is 0 Å². The summed E-state index contributed by atoms with van der Waals surface area (Å²) in [5.74, 6) is 0. The predicted molar refractivity (Wildman–Crippen MR) is 44.5 cm³/mol. The van der Waals surface area contributed by atoms with Gasteiger partial charge in [-0.25, -0.2) is 0 Å². The lowest BCUT2D eigenvalue weighted by Gasteiger charge is -1.91. The number of hydrogen-bond donors (Lipinski definition) is 0. The van der Waals surface area contributed by atoms with E-state index in [1.165, 1.54) is 16.5 Å².